The number of hydrogen-bond acceptors (Lipinski definition) is 7. The lowest BCUT2D eigenvalue weighted by Gasteiger charge is -2.36. The average molecular weight is 516 g/mol. The summed E-state index contributed by atoms with van der Waals surface area (Å²) < 4.78 is 31.8. The van der Waals surface area contributed by atoms with Gasteiger partial charge in [-0.1, -0.05) is 12.1 Å². The van der Waals surface area contributed by atoms with E-state index in [1.165, 1.54) is 18.3 Å². The normalized spacial score (nSPS) is 15.7. The smallest absolute Gasteiger partial charge is 0.225 e. The molecule has 0 aliphatic carbocycles. The van der Waals surface area contributed by atoms with Crippen LogP contribution in [0.5, 0.6) is 0 Å². The highest BCUT2D eigenvalue weighted by atomic mass is 19.1. The Kier molecular flexibility index (Phi) is 5.79. The predicted octanol–water partition coefficient (Wildman–Crippen LogP) is 3.35. The Morgan fingerprint density at radius 2 is 1.50 bits per heavy atom. The molecule has 1 aromatic carbocycles. The lowest BCUT2D eigenvalue weighted by molar-refractivity contribution is 0.580. The van der Waals surface area contributed by atoms with Crippen molar-refractivity contribution in [3.8, 4) is 11.1 Å². The molecule has 0 bridgehead atoms. The van der Waals surface area contributed by atoms with E-state index in [4.69, 9.17) is 5.73 Å². The van der Waals surface area contributed by atoms with E-state index in [0.29, 0.717) is 43.3 Å². The number of hydrogen-bond donors (Lipinski definition) is 1. The Bertz CT molecular complexity index is 1580. The van der Waals surface area contributed by atoms with Gasteiger partial charge in [0, 0.05) is 74.7 Å². The highest BCUT2D eigenvalue weighted by molar-refractivity contribution is 5.80. The molecule has 0 radical (unpaired) electrons. The highest BCUT2D eigenvalue weighted by Crippen LogP contribution is 2.31. The summed E-state index contributed by atoms with van der Waals surface area (Å²) in [5.41, 5.74) is 10.3. The van der Waals surface area contributed by atoms with Gasteiger partial charge in [-0.05, 0) is 30.7 Å². The zero-order chi connectivity index (χ0) is 26.4. The van der Waals surface area contributed by atoms with Crippen molar-refractivity contribution >= 4 is 17.2 Å². The first-order chi connectivity index (χ1) is 18.3. The fourth-order valence-electron chi connectivity index (χ4n) is 4.91. The quantitative estimate of drug-likeness (QED) is 0.384. The van der Waals surface area contributed by atoms with Crippen molar-refractivity contribution in [2.75, 3.05) is 36.0 Å². The van der Waals surface area contributed by atoms with Gasteiger partial charge >= 0.3 is 0 Å². The summed E-state index contributed by atoms with van der Waals surface area (Å²) in [6.07, 6.45) is 10.3. The third-order valence-corrected chi connectivity index (χ3v) is 7.16. The number of aromatic nitrogens is 6. The molecule has 0 saturated carbocycles. The van der Waals surface area contributed by atoms with Crippen molar-refractivity contribution in [1.29, 1.82) is 0 Å². The van der Waals surface area contributed by atoms with Gasteiger partial charge in [0.25, 0.3) is 0 Å². The maximum Gasteiger partial charge on any atom is 0.225 e. The number of aryl methyl sites for hydroxylation is 1. The van der Waals surface area contributed by atoms with Gasteiger partial charge in [-0.25, -0.2) is 23.3 Å². The summed E-state index contributed by atoms with van der Waals surface area (Å²) in [4.78, 5) is 13.2. The summed E-state index contributed by atoms with van der Waals surface area (Å²) in [7, 11) is 1.86. The van der Waals surface area contributed by atoms with E-state index in [1.54, 1.807) is 39.9 Å². The fraction of sp³-hybridized carbons (Fsp3) is 0.259. The molecule has 9 nitrogen and oxygen atoms in total. The van der Waals surface area contributed by atoms with Gasteiger partial charge < -0.3 is 15.5 Å². The third kappa shape index (κ3) is 4.24. The monoisotopic (exact) mass is 515 g/mol. The lowest BCUT2D eigenvalue weighted by atomic mass is 9.87. The minimum absolute atomic E-state index is 0.312. The maximum atomic E-state index is 15.1. The Morgan fingerprint density at radius 1 is 0.816 bits per heavy atom. The maximum absolute atomic E-state index is 15.1. The molecule has 1 fully saturated rings. The molecule has 194 valence electrons. The molecule has 1 aliphatic rings. The van der Waals surface area contributed by atoms with Gasteiger partial charge in [0.15, 0.2) is 5.82 Å². The molecule has 11 heteroatoms. The van der Waals surface area contributed by atoms with Gasteiger partial charge in [-0.2, -0.15) is 10.2 Å². The number of halogens is 2. The van der Waals surface area contributed by atoms with Crippen LogP contribution in [-0.4, -0.2) is 55.5 Å². The second-order valence-corrected chi connectivity index (χ2v) is 9.76. The molecule has 2 N–H and O–H groups in total. The lowest BCUT2D eigenvalue weighted by Crippen LogP contribution is -2.47. The van der Waals surface area contributed by atoms with Gasteiger partial charge in [0.1, 0.15) is 11.5 Å². The van der Waals surface area contributed by atoms with Crippen LogP contribution in [0.1, 0.15) is 18.1 Å². The van der Waals surface area contributed by atoms with Gasteiger partial charge in [-0.15, -0.1) is 0 Å². The summed E-state index contributed by atoms with van der Waals surface area (Å²) in [6.45, 7) is 4.30. The zero-order valence-electron chi connectivity index (χ0n) is 21.1. The Labute approximate surface area is 218 Å². The van der Waals surface area contributed by atoms with E-state index < -0.39 is 5.54 Å². The van der Waals surface area contributed by atoms with Gasteiger partial charge in [0.2, 0.25) is 5.95 Å². The van der Waals surface area contributed by atoms with E-state index in [2.05, 4.69) is 25.1 Å². The average Bonchev–Trinajstić information content (AvgIpc) is 3.55. The molecule has 1 saturated heterocycles. The van der Waals surface area contributed by atoms with E-state index in [0.717, 1.165) is 22.3 Å². The summed E-state index contributed by atoms with van der Waals surface area (Å²) >= 11 is 0. The zero-order valence-corrected chi connectivity index (χ0v) is 21.1. The van der Waals surface area contributed by atoms with Crippen molar-refractivity contribution < 1.29 is 8.78 Å². The van der Waals surface area contributed by atoms with Crippen LogP contribution in [0.15, 0.2) is 67.5 Å². The van der Waals surface area contributed by atoms with Crippen LogP contribution in [0, 0.1) is 11.6 Å². The van der Waals surface area contributed by atoms with Gasteiger partial charge in [0.05, 0.1) is 23.4 Å². The van der Waals surface area contributed by atoms with E-state index >= 15 is 4.39 Å². The van der Waals surface area contributed by atoms with Crippen LogP contribution in [0.2, 0.25) is 0 Å². The molecule has 0 amide bonds. The molecule has 5 heterocycles. The SMILES string of the molecule is Cn1cc(-c2cc3c(N4CCN(c5ncc(C(C)(N)c6ccc(F)cc6)cn5)CC4)c(F)cnn3c2)cn1. The predicted molar refractivity (Wildman–Crippen MR) is 141 cm³/mol. The van der Waals surface area contributed by atoms with E-state index in [9.17, 15) is 4.39 Å². The molecular formula is C27H27F2N9. The van der Waals surface area contributed by atoms with Crippen LogP contribution < -0.4 is 15.5 Å². The van der Waals surface area contributed by atoms with E-state index in [1.807, 2.05) is 37.3 Å². The summed E-state index contributed by atoms with van der Waals surface area (Å²) in [5.74, 6) is -0.0795. The number of fused-ring (bicyclic) bond motifs is 1. The fourth-order valence-corrected chi connectivity index (χ4v) is 4.91. The number of rotatable bonds is 5. The standard InChI is InChI=1S/C27H27F2N9/c1-27(30,20-3-5-22(28)6-4-20)21-13-31-26(32-14-21)37-9-7-36(8-10-37)25-23(29)15-34-38-17-18(11-24(25)38)19-12-33-35(2)16-19/h3-6,11-17H,7-10,30H2,1-2H3. The number of nitrogens with two attached hydrogens (primary N) is 1. The van der Waals surface area contributed by atoms with Crippen LogP contribution in [0.25, 0.3) is 16.6 Å². The molecule has 1 atom stereocenters. The minimum atomic E-state index is -0.860. The molecule has 0 spiro atoms. The molecule has 6 rings (SSSR count). The second kappa shape index (κ2) is 9.18. The highest BCUT2D eigenvalue weighted by Gasteiger charge is 2.27. The molecule has 5 aromatic rings. The Morgan fingerprint density at radius 3 is 2.16 bits per heavy atom. The second-order valence-electron chi connectivity index (χ2n) is 9.76. The molecular weight excluding hydrogens is 488 g/mol. The summed E-state index contributed by atoms with van der Waals surface area (Å²) in [6, 6.07) is 8.07. The number of anilines is 2. The Balaban J connectivity index is 1.19. The van der Waals surface area contributed by atoms with Crippen LogP contribution >= 0.6 is 0 Å². The third-order valence-electron chi connectivity index (χ3n) is 7.16. The molecule has 1 aliphatic heterocycles. The number of piperazine rings is 1. The number of nitrogens with zero attached hydrogens (tertiary/aromatic N) is 8. The van der Waals surface area contributed by atoms with E-state index in [-0.39, 0.29) is 11.6 Å². The van der Waals surface area contributed by atoms with Crippen molar-refractivity contribution in [3.05, 3.63) is 90.3 Å². The first kappa shape index (κ1) is 24.0. The van der Waals surface area contributed by atoms with Crippen molar-refractivity contribution in [2.24, 2.45) is 12.8 Å². The first-order valence-corrected chi connectivity index (χ1v) is 12.3. The van der Waals surface area contributed by atoms with Gasteiger partial charge in [-0.3, -0.25) is 4.68 Å². The largest absolute Gasteiger partial charge is 0.364 e. The minimum Gasteiger partial charge on any atom is -0.364 e. The number of benzene rings is 1. The van der Waals surface area contributed by atoms with Crippen molar-refractivity contribution in [2.45, 2.75) is 12.5 Å². The van der Waals surface area contributed by atoms with Crippen LogP contribution in [0.3, 0.4) is 0 Å². The topological polar surface area (TPSA) is 93.4 Å². The summed E-state index contributed by atoms with van der Waals surface area (Å²) in [5, 5.41) is 8.47. The van der Waals surface area contributed by atoms with Crippen molar-refractivity contribution in [1.82, 2.24) is 29.4 Å². The first-order valence-electron chi connectivity index (χ1n) is 12.3. The Hall–Kier alpha value is -4.38. The van der Waals surface area contributed by atoms with Crippen LogP contribution in [0.4, 0.5) is 20.4 Å². The van der Waals surface area contributed by atoms with Crippen molar-refractivity contribution in [3.63, 3.8) is 0 Å². The molecule has 38 heavy (non-hydrogen) atoms. The van der Waals surface area contributed by atoms with Crippen LogP contribution in [-0.2, 0) is 12.6 Å². The molecule has 4 aromatic heterocycles. The molecule has 1 unspecified atom stereocenters.